The van der Waals surface area contributed by atoms with Gasteiger partial charge in [0.1, 0.15) is 5.25 Å². The SMILES string of the molecule is CCCC(SCCCCC(F)(F)CC)C(=O)OCC. The Morgan fingerprint density at radius 3 is 2.47 bits per heavy atom. The van der Waals surface area contributed by atoms with Crippen molar-refractivity contribution in [2.24, 2.45) is 0 Å². The van der Waals surface area contributed by atoms with Gasteiger partial charge in [0.15, 0.2) is 0 Å². The Morgan fingerprint density at radius 1 is 1.26 bits per heavy atom. The van der Waals surface area contributed by atoms with E-state index in [2.05, 4.69) is 0 Å². The average Bonchev–Trinajstić information content (AvgIpc) is 2.37. The highest BCUT2D eigenvalue weighted by atomic mass is 32.2. The summed E-state index contributed by atoms with van der Waals surface area (Å²) >= 11 is 1.53. The van der Waals surface area contributed by atoms with E-state index in [0.717, 1.165) is 25.0 Å². The van der Waals surface area contributed by atoms with Gasteiger partial charge < -0.3 is 4.74 Å². The Kier molecular flexibility index (Phi) is 10.3. The smallest absolute Gasteiger partial charge is 0.319 e. The van der Waals surface area contributed by atoms with Crippen LogP contribution in [0.5, 0.6) is 0 Å². The van der Waals surface area contributed by atoms with Crippen LogP contribution in [-0.2, 0) is 9.53 Å². The first kappa shape index (κ1) is 18.7. The molecule has 0 amide bonds. The van der Waals surface area contributed by atoms with Crippen molar-refractivity contribution in [3.8, 4) is 0 Å². The van der Waals surface area contributed by atoms with Crippen LogP contribution in [0, 0.1) is 0 Å². The highest BCUT2D eigenvalue weighted by Crippen LogP contribution is 2.26. The third-order valence-corrected chi connectivity index (χ3v) is 4.23. The number of esters is 1. The van der Waals surface area contributed by atoms with Crippen LogP contribution in [0.15, 0.2) is 0 Å². The number of ether oxygens (including phenoxy) is 1. The van der Waals surface area contributed by atoms with Gasteiger partial charge in [-0.05, 0) is 31.9 Å². The fourth-order valence-corrected chi connectivity index (χ4v) is 2.92. The second kappa shape index (κ2) is 10.5. The van der Waals surface area contributed by atoms with E-state index in [0.29, 0.717) is 13.0 Å². The molecule has 19 heavy (non-hydrogen) atoms. The third-order valence-electron chi connectivity index (χ3n) is 2.87. The van der Waals surface area contributed by atoms with E-state index in [9.17, 15) is 13.6 Å². The van der Waals surface area contributed by atoms with E-state index in [1.165, 1.54) is 18.7 Å². The number of rotatable bonds is 11. The van der Waals surface area contributed by atoms with Gasteiger partial charge in [-0.1, -0.05) is 20.3 Å². The summed E-state index contributed by atoms with van der Waals surface area (Å²) in [7, 11) is 0. The Morgan fingerprint density at radius 2 is 1.95 bits per heavy atom. The Labute approximate surface area is 119 Å². The normalized spacial score (nSPS) is 13.3. The second-order valence-electron chi connectivity index (χ2n) is 4.57. The lowest BCUT2D eigenvalue weighted by Gasteiger charge is -2.15. The van der Waals surface area contributed by atoms with Crippen molar-refractivity contribution in [3.63, 3.8) is 0 Å². The maximum atomic E-state index is 13.0. The molecule has 0 aromatic rings. The molecule has 0 fully saturated rings. The average molecular weight is 296 g/mol. The summed E-state index contributed by atoms with van der Waals surface area (Å²) in [5, 5.41) is -0.142. The molecule has 5 heteroatoms. The van der Waals surface area contributed by atoms with E-state index < -0.39 is 5.92 Å². The predicted molar refractivity (Wildman–Crippen MR) is 76.9 cm³/mol. The van der Waals surface area contributed by atoms with Gasteiger partial charge in [0, 0.05) is 12.8 Å². The summed E-state index contributed by atoms with van der Waals surface area (Å²) in [5.74, 6) is -1.97. The molecule has 0 saturated heterocycles. The van der Waals surface area contributed by atoms with Gasteiger partial charge in [0.2, 0.25) is 5.92 Å². The lowest BCUT2D eigenvalue weighted by molar-refractivity contribution is -0.142. The van der Waals surface area contributed by atoms with Crippen LogP contribution in [-0.4, -0.2) is 29.5 Å². The standard InChI is InChI=1S/C14H26F2O2S/c1-4-9-12(13(17)18-6-3)19-11-8-7-10-14(15,16)5-2/h12H,4-11H2,1-3H3. The molecular formula is C14H26F2O2S. The Balaban J connectivity index is 3.84. The van der Waals surface area contributed by atoms with Crippen LogP contribution in [0.25, 0.3) is 0 Å². The van der Waals surface area contributed by atoms with Gasteiger partial charge in [-0.3, -0.25) is 4.79 Å². The van der Waals surface area contributed by atoms with Gasteiger partial charge in [0.25, 0.3) is 0 Å². The van der Waals surface area contributed by atoms with E-state index in [1.807, 2.05) is 6.92 Å². The van der Waals surface area contributed by atoms with Crippen LogP contribution in [0.1, 0.15) is 59.3 Å². The molecule has 0 aliphatic heterocycles. The summed E-state index contributed by atoms with van der Waals surface area (Å²) < 4.78 is 31.0. The molecule has 114 valence electrons. The fourth-order valence-electron chi connectivity index (χ4n) is 1.65. The third kappa shape index (κ3) is 9.25. The largest absolute Gasteiger partial charge is 0.465 e. The summed E-state index contributed by atoms with van der Waals surface area (Å²) in [6, 6.07) is 0. The quantitative estimate of drug-likeness (QED) is 0.409. The second-order valence-corrected chi connectivity index (χ2v) is 5.88. The van der Waals surface area contributed by atoms with Crippen molar-refractivity contribution >= 4 is 17.7 Å². The van der Waals surface area contributed by atoms with Gasteiger partial charge in [0.05, 0.1) is 6.61 Å². The maximum absolute atomic E-state index is 13.0. The van der Waals surface area contributed by atoms with Crippen LogP contribution < -0.4 is 0 Å². The van der Waals surface area contributed by atoms with Crippen molar-refractivity contribution in [2.45, 2.75) is 70.5 Å². The predicted octanol–water partition coefficient (Wildman–Crippen LogP) is 4.67. The summed E-state index contributed by atoms with van der Waals surface area (Å²) in [6.45, 7) is 5.71. The molecule has 0 rings (SSSR count). The minimum atomic E-state index is -2.53. The summed E-state index contributed by atoms with van der Waals surface area (Å²) in [5.41, 5.74) is 0. The zero-order valence-corrected chi connectivity index (χ0v) is 13.0. The molecule has 0 N–H and O–H groups in total. The first-order chi connectivity index (χ1) is 8.96. The molecule has 0 aromatic heterocycles. The zero-order valence-electron chi connectivity index (χ0n) is 12.2. The van der Waals surface area contributed by atoms with Gasteiger partial charge in [-0.2, -0.15) is 0 Å². The molecule has 0 spiro atoms. The topological polar surface area (TPSA) is 26.3 Å². The molecule has 1 unspecified atom stereocenters. The highest BCUT2D eigenvalue weighted by Gasteiger charge is 2.25. The Bertz CT molecular complexity index is 248. The molecule has 0 heterocycles. The van der Waals surface area contributed by atoms with E-state index in [1.54, 1.807) is 6.92 Å². The van der Waals surface area contributed by atoms with Gasteiger partial charge >= 0.3 is 5.97 Å². The number of unbranched alkanes of at least 4 members (excludes halogenated alkanes) is 1. The van der Waals surface area contributed by atoms with Crippen molar-refractivity contribution in [1.82, 2.24) is 0 Å². The number of thioether (sulfide) groups is 1. The van der Waals surface area contributed by atoms with Crippen LogP contribution in [0.2, 0.25) is 0 Å². The number of hydrogen-bond donors (Lipinski definition) is 0. The monoisotopic (exact) mass is 296 g/mol. The van der Waals surface area contributed by atoms with Gasteiger partial charge in [-0.15, -0.1) is 11.8 Å². The summed E-state index contributed by atoms with van der Waals surface area (Å²) in [6.07, 6.45) is 2.79. The molecular weight excluding hydrogens is 270 g/mol. The molecule has 0 bridgehead atoms. The highest BCUT2D eigenvalue weighted by molar-refractivity contribution is 8.00. The molecule has 0 saturated carbocycles. The van der Waals surface area contributed by atoms with Crippen LogP contribution >= 0.6 is 11.8 Å². The number of carbonyl (C=O) groups excluding carboxylic acids is 1. The first-order valence-corrected chi connectivity index (χ1v) is 8.17. The minimum Gasteiger partial charge on any atom is -0.465 e. The van der Waals surface area contributed by atoms with E-state index in [-0.39, 0.29) is 24.1 Å². The lowest BCUT2D eigenvalue weighted by atomic mass is 10.1. The molecule has 0 radical (unpaired) electrons. The van der Waals surface area contributed by atoms with Crippen LogP contribution in [0.3, 0.4) is 0 Å². The maximum Gasteiger partial charge on any atom is 0.319 e. The summed E-state index contributed by atoms with van der Waals surface area (Å²) in [4.78, 5) is 11.6. The molecule has 1 atom stereocenters. The minimum absolute atomic E-state index is 0.0537. The van der Waals surface area contributed by atoms with Crippen molar-refractivity contribution in [2.75, 3.05) is 12.4 Å². The van der Waals surface area contributed by atoms with Crippen LogP contribution in [0.4, 0.5) is 8.78 Å². The lowest BCUT2D eigenvalue weighted by Crippen LogP contribution is -2.20. The molecule has 2 nitrogen and oxygen atoms in total. The number of carbonyl (C=O) groups is 1. The van der Waals surface area contributed by atoms with Crippen molar-refractivity contribution in [1.29, 1.82) is 0 Å². The fraction of sp³-hybridized carbons (Fsp3) is 0.929. The molecule has 0 aromatic carbocycles. The number of alkyl halides is 2. The Hall–Kier alpha value is -0.320. The van der Waals surface area contributed by atoms with Crippen molar-refractivity contribution < 1.29 is 18.3 Å². The van der Waals surface area contributed by atoms with Gasteiger partial charge in [-0.25, -0.2) is 8.78 Å². The zero-order chi connectivity index (χ0) is 14.7. The first-order valence-electron chi connectivity index (χ1n) is 7.12. The number of hydrogen-bond acceptors (Lipinski definition) is 3. The van der Waals surface area contributed by atoms with E-state index in [4.69, 9.17) is 4.74 Å². The number of halogens is 2. The molecule has 0 aliphatic rings. The van der Waals surface area contributed by atoms with E-state index >= 15 is 0 Å². The van der Waals surface area contributed by atoms with Crippen molar-refractivity contribution in [3.05, 3.63) is 0 Å². The molecule has 0 aliphatic carbocycles.